The smallest absolute Gasteiger partial charge is 0.138 e. The fraction of sp³-hybridized carbons (Fsp3) is 0.750. The summed E-state index contributed by atoms with van der Waals surface area (Å²) in [5.74, 6) is 3.12. The van der Waals surface area contributed by atoms with E-state index in [0.717, 1.165) is 37.2 Å². The van der Waals surface area contributed by atoms with Gasteiger partial charge in [0.15, 0.2) is 0 Å². The molecule has 0 unspecified atom stereocenters. The number of hydrogen-bond acceptors (Lipinski definition) is 5. The van der Waals surface area contributed by atoms with E-state index in [1.807, 2.05) is 6.07 Å². The molecule has 1 heterocycles. The van der Waals surface area contributed by atoms with Gasteiger partial charge in [0.2, 0.25) is 0 Å². The van der Waals surface area contributed by atoms with Crippen LogP contribution in [-0.4, -0.2) is 36.3 Å². The standard InChI is InChI=1S/C16H30N4O/c1-7-17-13-10-14(18-8-9-21-11-12(2)3)20-15(19-13)16(4,5)6/h10,12H,7-9,11H2,1-6H3,(H2,17,18,19,20). The zero-order valence-corrected chi connectivity index (χ0v) is 14.3. The van der Waals surface area contributed by atoms with Crippen LogP contribution in [0.4, 0.5) is 11.6 Å². The van der Waals surface area contributed by atoms with E-state index in [2.05, 4.69) is 62.1 Å². The molecule has 0 radical (unpaired) electrons. The van der Waals surface area contributed by atoms with Gasteiger partial charge in [0.25, 0.3) is 0 Å². The predicted molar refractivity (Wildman–Crippen MR) is 89.0 cm³/mol. The molecular formula is C16H30N4O. The van der Waals surface area contributed by atoms with E-state index in [9.17, 15) is 0 Å². The second-order valence-electron chi connectivity index (χ2n) is 6.64. The molecule has 0 saturated carbocycles. The highest BCUT2D eigenvalue weighted by atomic mass is 16.5. The van der Waals surface area contributed by atoms with Crippen LogP contribution < -0.4 is 10.6 Å². The minimum Gasteiger partial charge on any atom is -0.379 e. The number of hydrogen-bond donors (Lipinski definition) is 2. The van der Waals surface area contributed by atoms with Crippen molar-refractivity contribution in [2.45, 2.75) is 47.0 Å². The van der Waals surface area contributed by atoms with Crippen molar-refractivity contribution in [1.82, 2.24) is 9.97 Å². The Balaban J connectivity index is 2.65. The molecule has 2 N–H and O–H groups in total. The summed E-state index contributed by atoms with van der Waals surface area (Å²) in [7, 11) is 0. The Morgan fingerprint density at radius 1 is 1.14 bits per heavy atom. The van der Waals surface area contributed by atoms with E-state index >= 15 is 0 Å². The molecular weight excluding hydrogens is 264 g/mol. The first-order chi connectivity index (χ1) is 9.82. The van der Waals surface area contributed by atoms with Crippen LogP contribution in [0.15, 0.2) is 6.07 Å². The minimum atomic E-state index is -0.0734. The summed E-state index contributed by atoms with van der Waals surface area (Å²) in [4.78, 5) is 9.17. The largest absolute Gasteiger partial charge is 0.379 e. The average molecular weight is 294 g/mol. The summed E-state index contributed by atoms with van der Waals surface area (Å²) < 4.78 is 5.57. The molecule has 0 aromatic carbocycles. The number of rotatable bonds is 8. The zero-order chi connectivity index (χ0) is 15.9. The quantitative estimate of drug-likeness (QED) is 0.720. The Morgan fingerprint density at radius 2 is 1.76 bits per heavy atom. The molecule has 1 aromatic heterocycles. The van der Waals surface area contributed by atoms with Gasteiger partial charge in [0.05, 0.1) is 6.61 Å². The van der Waals surface area contributed by atoms with Gasteiger partial charge in [-0.05, 0) is 12.8 Å². The van der Waals surface area contributed by atoms with Crippen LogP contribution in [0.25, 0.3) is 0 Å². The fourth-order valence-electron chi connectivity index (χ4n) is 1.72. The van der Waals surface area contributed by atoms with Gasteiger partial charge in [-0.1, -0.05) is 34.6 Å². The Morgan fingerprint density at radius 3 is 2.29 bits per heavy atom. The lowest BCUT2D eigenvalue weighted by molar-refractivity contribution is 0.118. The van der Waals surface area contributed by atoms with Gasteiger partial charge in [-0.3, -0.25) is 0 Å². The molecule has 0 spiro atoms. The first-order valence-corrected chi connectivity index (χ1v) is 7.78. The number of nitrogens with zero attached hydrogens (tertiary/aromatic N) is 2. The van der Waals surface area contributed by atoms with Crippen molar-refractivity contribution in [3.8, 4) is 0 Å². The van der Waals surface area contributed by atoms with Gasteiger partial charge in [-0.25, -0.2) is 9.97 Å². The molecule has 0 aliphatic rings. The molecule has 0 aliphatic heterocycles. The van der Waals surface area contributed by atoms with Crippen LogP contribution in [0.3, 0.4) is 0 Å². The topological polar surface area (TPSA) is 59.1 Å². The lowest BCUT2D eigenvalue weighted by Crippen LogP contribution is -2.19. The van der Waals surface area contributed by atoms with Gasteiger partial charge < -0.3 is 15.4 Å². The molecule has 5 heteroatoms. The second kappa shape index (κ2) is 8.17. The van der Waals surface area contributed by atoms with Crippen molar-refractivity contribution in [1.29, 1.82) is 0 Å². The number of ether oxygens (including phenoxy) is 1. The van der Waals surface area contributed by atoms with E-state index in [-0.39, 0.29) is 5.41 Å². The third-order valence-electron chi connectivity index (χ3n) is 2.76. The van der Waals surface area contributed by atoms with Crippen LogP contribution in [0.2, 0.25) is 0 Å². The van der Waals surface area contributed by atoms with E-state index in [0.29, 0.717) is 12.5 Å². The molecule has 0 bridgehead atoms. The molecule has 0 fully saturated rings. The maximum absolute atomic E-state index is 5.57. The first-order valence-electron chi connectivity index (χ1n) is 7.78. The Bertz CT molecular complexity index is 427. The van der Waals surface area contributed by atoms with Crippen molar-refractivity contribution < 1.29 is 4.74 Å². The van der Waals surface area contributed by atoms with E-state index in [1.165, 1.54) is 0 Å². The fourth-order valence-corrected chi connectivity index (χ4v) is 1.72. The average Bonchev–Trinajstić information content (AvgIpc) is 2.37. The molecule has 0 aliphatic carbocycles. The summed E-state index contributed by atoms with van der Waals surface area (Å²) in [6.45, 7) is 15.8. The van der Waals surface area contributed by atoms with Crippen molar-refractivity contribution >= 4 is 11.6 Å². The van der Waals surface area contributed by atoms with Gasteiger partial charge >= 0.3 is 0 Å². The SMILES string of the molecule is CCNc1cc(NCCOCC(C)C)nc(C(C)(C)C)n1. The third-order valence-corrected chi connectivity index (χ3v) is 2.76. The van der Waals surface area contributed by atoms with Crippen LogP contribution in [0, 0.1) is 5.92 Å². The van der Waals surface area contributed by atoms with Crippen molar-refractivity contribution in [3.05, 3.63) is 11.9 Å². The monoisotopic (exact) mass is 294 g/mol. The zero-order valence-electron chi connectivity index (χ0n) is 14.3. The van der Waals surface area contributed by atoms with Crippen molar-refractivity contribution in [2.24, 2.45) is 5.92 Å². The molecule has 0 atom stereocenters. The van der Waals surface area contributed by atoms with Gasteiger partial charge in [0.1, 0.15) is 17.5 Å². The molecule has 0 amide bonds. The number of anilines is 2. The Labute approximate surface area is 128 Å². The summed E-state index contributed by atoms with van der Waals surface area (Å²) >= 11 is 0. The number of aromatic nitrogens is 2. The molecule has 1 aromatic rings. The molecule has 5 nitrogen and oxygen atoms in total. The lowest BCUT2D eigenvalue weighted by Gasteiger charge is -2.19. The molecule has 120 valence electrons. The third kappa shape index (κ3) is 6.76. The van der Waals surface area contributed by atoms with E-state index in [4.69, 9.17) is 4.74 Å². The van der Waals surface area contributed by atoms with Crippen molar-refractivity contribution in [2.75, 3.05) is 36.9 Å². The highest BCUT2D eigenvalue weighted by Gasteiger charge is 2.19. The van der Waals surface area contributed by atoms with Crippen LogP contribution in [-0.2, 0) is 10.2 Å². The second-order valence-corrected chi connectivity index (χ2v) is 6.64. The number of nitrogens with one attached hydrogen (secondary N) is 2. The van der Waals surface area contributed by atoms with Gasteiger partial charge in [-0.15, -0.1) is 0 Å². The van der Waals surface area contributed by atoms with E-state index in [1.54, 1.807) is 0 Å². The maximum atomic E-state index is 5.57. The highest BCUT2D eigenvalue weighted by Crippen LogP contribution is 2.22. The van der Waals surface area contributed by atoms with Crippen LogP contribution >= 0.6 is 0 Å². The predicted octanol–water partition coefficient (Wildman–Crippen LogP) is 3.29. The van der Waals surface area contributed by atoms with Gasteiger partial charge in [-0.2, -0.15) is 0 Å². The molecule has 1 rings (SSSR count). The van der Waals surface area contributed by atoms with E-state index < -0.39 is 0 Å². The van der Waals surface area contributed by atoms with Crippen LogP contribution in [0.5, 0.6) is 0 Å². The maximum Gasteiger partial charge on any atom is 0.138 e. The molecule has 21 heavy (non-hydrogen) atoms. The van der Waals surface area contributed by atoms with Gasteiger partial charge in [0, 0.05) is 31.2 Å². The molecule has 0 saturated heterocycles. The lowest BCUT2D eigenvalue weighted by atomic mass is 9.96. The van der Waals surface area contributed by atoms with Crippen LogP contribution in [0.1, 0.15) is 47.4 Å². The first kappa shape index (κ1) is 17.7. The summed E-state index contributed by atoms with van der Waals surface area (Å²) in [5.41, 5.74) is -0.0734. The summed E-state index contributed by atoms with van der Waals surface area (Å²) in [6.07, 6.45) is 0. The summed E-state index contributed by atoms with van der Waals surface area (Å²) in [6, 6.07) is 1.95. The Hall–Kier alpha value is -1.36. The normalized spacial score (nSPS) is 11.8. The minimum absolute atomic E-state index is 0.0734. The van der Waals surface area contributed by atoms with Crippen molar-refractivity contribution in [3.63, 3.8) is 0 Å². The highest BCUT2D eigenvalue weighted by molar-refractivity contribution is 5.48. The summed E-state index contributed by atoms with van der Waals surface area (Å²) in [5, 5.41) is 6.57. The Kier molecular flexibility index (Phi) is 6.89.